The molecule has 208 valence electrons. The number of thiophene rings is 2. The number of fused-ring (bicyclic) bond motifs is 10. The number of hydrogen-bond donors (Lipinski definition) is 2. The topological polar surface area (TPSA) is 50.1 Å². The van der Waals surface area contributed by atoms with Gasteiger partial charge in [-0.1, -0.05) is 96.7 Å². The molecule has 3 nitrogen and oxygen atoms in total. The third kappa shape index (κ3) is 4.60. The minimum absolute atomic E-state index is 0. The van der Waals surface area contributed by atoms with Crippen LogP contribution in [-0.2, 0) is 21.1 Å². The van der Waals surface area contributed by atoms with Gasteiger partial charge in [0.2, 0.25) is 0 Å². The summed E-state index contributed by atoms with van der Waals surface area (Å²) < 4.78 is 4.98. The summed E-state index contributed by atoms with van der Waals surface area (Å²) in [5.74, 6) is 0.277. The number of phenolic OH excluding ortho intramolecular Hbond substituents is 1. The molecular weight excluding hydrogens is 736 g/mol. The molecule has 0 saturated carbocycles. The van der Waals surface area contributed by atoms with Crippen LogP contribution < -0.4 is 0 Å². The largest absolute Gasteiger partial charge is 0.684 e. The van der Waals surface area contributed by atoms with E-state index in [0.717, 1.165) is 15.5 Å². The molecule has 9 aromatic rings. The summed E-state index contributed by atoms with van der Waals surface area (Å²) in [6.07, 6.45) is 0. The van der Waals surface area contributed by atoms with Gasteiger partial charge in [-0.05, 0) is 41.5 Å². The van der Waals surface area contributed by atoms with Crippen molar-refractivity contribution < 1.29 is 26.2 Å². The number of para-hydroxylation sites is 1. The SMILES string of the molecule is C[N-]c1ccc2sc3cc(-c4ccccc4)ccc3c2c1O.[W].c1ccc2c(c1)[nH]c1c2ccc2sc3ccccc3c21. The first-order chi connectivity index (χ1) is 20.7. The second-order valence-corrected chi connectivity index (χ2v) is 12.5. The Morgan fingerprint density at radius 1 is 0.558 bits per heavy atom. The number of nitrogens with zero attached hydrogens (tertiary/aromatic N) is 1. The van der Waals surface area contributed by atoms with E-state index in [-0.39, 0.29) is 26.8 Å². The first kappa shape index (κ1) is 27.7. The molecule has 0 bridgehead atoms. The van der Waals surface area contributed by atoms with Crippen molar-refractivity contribution in [3.05, 3.63) is 127 Å². The van der Waals surface area contributed by atoms with Crippen LogP contribution in [0.25, 0.3) is 78.6 Å². The van der Waals surface area contributed by atoms with Crippen LogP contribution in [0.5, 0.6) is 5.75 Å². The van der Waals surface area contributed by atoms with Crippen molar-refractivity contribution >= 4 is 90.5 Å². The molecule has 3 aromatic heterocycles. The van der Waals surface area contributed by atoms with Gasteiger partial charge in [0.15, 0.2) is 0 Å². The number of aromatic amines is 1. The van der Waals surface area contributed by atoms with E-state index in [1.54, 1.807) is 18.4 Å². The fraction of sp³-hybridized carbons (Fsp3) is 0.0270. The maximum Gasteiger partial charge on any atom is 0.110 e. The molecule has 43 heavy (non-hydrogen) atoms. The molecule has 0 amide bonds. The third-order valence-electron chi connectivity index (χ3n) is 7.96. The molecular formula is C37H25N2OS2W-. The predicted molar refractivity (Wildman–Crippen MR) is 184 cm³/mol. The van der Waals surface area contributed by atoms with Crippen LogP contribution in [0, 0.1) is 0 Å². The molecule has 3 heterocycles. The molecule has 0 saturated heterocycles. The number of aromatic nitrogens is 1. The Bertz CT molecular complexity index is 2420. The van der Waals surface area contributed by atoms with E-state index < -0.39 is 0 Å². The Hall–Kier alpha value is -4.15. The minimum atomic E-state index is 0. The summed E-state index contributed by atoms with van der Waals surface area (Å²) >= 11 is 3.57. The van der Waals surface area contributed by atoms with Gasteiger partial charge in [-0.15, -0.1) is 29.7 Å². The number of benzene rings is 6. The molecule has 0 aliphatic rings. The average molecular weight is 762 g/mol. The van der Waals surface area contributed by atoms with E-state index in [4.69, 9.17) is 0 Å². The normalized spacial score (nSPS) is 11.3. The summed E-state index contributed by atoms with van der Waals surface area (Å²) in [6.45, 7) is 0. The summed E-state index contributed by atoms with van der Waals surface area (Å²) in [5, 5.41) is 21.9. The molecule has 6 aromatic carbocycles. The molecule has 6 heteroatoms. The molecule has 0 spiro atoms. The Morgan fingerprint density at radius 2 is 1.21 bits per heavy atom. The Kier molecular flexibility index (Phi) is 7.18. The molecule has 0 aliphatic heterocycles. The molecule has 0 aliphatic carbocycles. The minimum Gasteiger partial charge on any atom is -0.684 e. The van der Waals surface area contributed by atoms with Gasteiger partial charge in [0.1, 0.15) is 5.75 Å². The molecule has 9 rings (SSSR count). The van der Waals surface area contributed by atoms with Gasteiger partial charge in [0.25, 0.3) is 0 Å². The number of hydrogen-bond acceptors (Lipinski definition) is 3. The van der Waals surface area contributed by atoms with E-state index in [1.807, 2.05) is 41.7 Å². The van der Waals surface area contributed by atoms with Crippen molar-refractivity contribution in [1.82, 2.24) is 4.98 Å². The maximum atomic E-state index is 10.4. The van der Waals surface area contributed by atoms with Gasteiger partial charge in [-0.25, -0.2) is 0 Å². The van der Waals surface area contributed by atoms with Crippen molar-refractivity contribution in [3.8, 4) is 16.9 Å². The molecule has 2 N–H and O–H groups in total. The van der Waals surface area contributed by atoms with Gasteiger partial charge in [0, 0.05) is 77.7 Å². The van der Waals surface area contributed by atoms with Crippen molar-refractivity contribution in [2.45, 2.75) is 0 Å². The summed E-state index contributed by atoms with van der Waals surface area (Å²) in [4.78, 5) is 3.61. The Labute approximate surface area is 270 Å². The molecule has 0 atom stereocenters. The van der Waals surface area contributed by atoms with Gasteiger partial charge in [-0.3, -0.25) is 0 Å². The number of phenols is 1. The van der Waals surface area contributed by atoms with Crippen molar-refractivity contribution in [3.63, 3.8) is 0 Å². The van der Waals surface area contributed by atoms with E-state index in [0.29, 0.717) is 5.69 Å². The predicted octanol–water partition coefficient (Wildman–Crippen LogP) is 11.7. The van der Waals surface area contributed by atoms with Crippen LogP contribution in [0.15, 0.2) is 121 Å². The summed E-state index contributed by atoms with van der Waals surface area (Å²) in [5.41, 5.74) is 5.51. The Balaban J connectivity index is 0.000000137. The second kappa shape index (κ2) is 11.2. The zero-order chi connectivity index (χ0) is 28.2. The quantitative estimate of drug-likeness (QED) is 0.181. The molecule has 0 radical (unpaired) electrons. The number of aromatic hydroxyl groups is 1. The second-order valence-electron chi connectivity index (χ2n) is 10.3. The summed E-state index contributed by atoms with van der Waals surface area (Å²) in [7, 11) is 1.70. The van der Waals surface area contributed by atoms with Crippen LogP contribution in [0.1, 0.15) is 0 Å². The standard InChI is InChI=1S/C19H14NOS.C18H11NS.W/c1-20-15-9-10-16-18(19(15)21)14-8-7-13(11-17(14)22-16)12-5-3-2-4-6-12;1-3-7-14-11(5-1)12-9-10-16-17(18(12)19-14)13-6-2-4-8-15(13)20-16;/h2-11,21H,1H3;1-10,19H;/q-1;;. The monoisotopic (exact) mass is 761 g/mol. The Morgan fingerprint density at radius 3 is 2.05 bits per heavy atom. The zero-order valence-electron chi connectivity index (χ0n) is 23.2. The van der Waals surface area contributed by atoms with Crippen molar-refractivity contribution in [1.29, 1.82) is 0 Å². The number of nitrogens with one attached hydrogen (secondary N) is 1. The molecule has 0 fully saturated rings. The number of rotatable bonds is 2. The first-order valence-electron chi connectivity index (χ1n) is 13.8. The third-order valence-corrected chi connectivity index (χ3v) is 10.2. The van der Waals surface area contributed by atoms with Crippen LogP contribution in [-0.4, -0.2) is 17.1 Å². The number of H-pyrrole nitrogens is 1. The van der Waals surface area contributed by atoms with Crippen molar-refractivity contribution in [2.24, 2.45) is 0 Å². The maximum absolute atomic E-state index is 10.4. The van der Waals surface area contributed by atoms with Crippen molar-refractivity contribution in [2.75, 3.05) is 7.05 Å². The van der Waals surface area contributed by atoms with Gasteiger partial charge >= 0.3 is 0 Å². The molecule has 0 unspecified atom stereocenters. The smallest absolute Gasteiger partial charge is 0.110 e. The van der Waals surface area contributed by atoms with Gasteiger partial charge in [0.05, 0.1) is 5.52 Å². The van der Waals surface area contributed by atoms with E-state index in [2.05, 4.69) is 101 Å². The van der Waals surface area contributed by atoms with Gasteiger partial charge in [-0.2, -0.15) is 0 Å². The van der Waals surface area contributed by atoms with E-state index >= 15 is 0 Å². The fourth-order valence-electron chi connectivity index (χ4n) is 5.96. The van der Waals surface area contributed by atoms with Crippen LogP contribution in [0.3, 0.4) is 0 Å². The average Bonchev–Trinajstić information content (AvgIpc) is 3.72. The fourth-order valence-corrected chi connectivity index (χ4v) is 8.22. The summed E-state index contributed by atoms with van der Waals surface area (Å²) in [6, 6.07) is 42.3. The van der Waals surface area contributed by atoms with Crippen LogP contribution in [0.4, 0.5) is 5.69 Å². The van der Waals surface area contributed by atoms with E-state index in [1.165, 1.54) is 57.8 Å². The van der Waals surface area contributed by atoms with E-state index in [9.17, 15) is 5.11 Å². The van der Waals surface area contributed by atoms with Crippen LogP contribution in [0.2, 0.25) is 0 Å². The zero-order valence-corrected chi connectivity index (χ0v) is 27.7. The van der Waals surface area contributed by atoms with Crippen LogP contribution >= 0.6 is 22.7 Å². The first-order valence-corrected chi connectivity index (χ1v) is 15.5. The van der Waals surface area contributed by atoms with Gasteiger partial charge < -0.3 is 15.4 Å².